The number of hydrogen-bond donors (Lipinski definition) is 2. The third-order valence-corrected chi connectivity index (χ3v) is 3.37. The van der Waals surface area contributed by atoms with Crippen molar-refractivity contribution < 1.29 is 22.8 Å². The van der Waals surface area contributed by atoms with Gasteiger partial charge in [-0.15, -0.1) is 0 Å². The number of nitrogens with two attached hydrogens (primary N) is 1. The number of hydrogen-bond acceptors (Lipinski definition) is 2. The van der Waals surface area contributed by atoms with Gasteiger partial charge in [-0.1, -0.05) is 18.9 Å². The van der Waals surface area contributed by atoms with Crippen LogP contribution in [0.2, 0.25) is 0 Å². The van der Waals surface area contributed by atoms with Gasteiger partial charge in [-0.25, -0.2) is 0 Å². The minimum absolute atomic E-state index is 0.146. The van der Waals surface area contributed by atoms with Crippen molar-refractivity contribution >= 4 is 11.8 Å². The highest BCUT2D eigenvalue weighted by atomic mass is 19.4. The van der Waals surface area contributed by atoms with Gasteiger partial charge in [-0.3, -0.25) is 9.59 Å². The van der Waals surface area contributed by atoms with Gasteiger partial charge < -0.3 is 11.1 Å². The number of rotatable bonds is 5. The molecule has 7 heteroatoms. The first-order valence-electron chi connectivity index (χ1n) is 6.55. The zero-order valence-corrected chi connectivity index (χ0v) is 11.1. The molecule has 1 saturated carbocycles. The Labute approximate surface area is 119 Å². The van der Waals surface area contributed by atoms with E-state index in [1.165, 1.54) is 6.07 Å². The second-order valence-corrected chi connectivity index (χ2v) is 5.19. The summed E-state index contributed by atoms with van der Waals surface area (Å²) in [5.41, 5.74) is 4.15. The Morgan fingerprint density at radius 2 is 2.00 bits per heavy atom. The lowest BCUT2D eigenvalue weighted by Gasteiger charge is -2.15. The normalized spacial score (nSPS) is 16.3. The van der Waals surface area contributed by atoms with E-state index in [1.54, 1.807) is 0 Å². The number of amides is 2. The summed E-state index contributed by atoms with van der Waals surface area (Å²) in [6.45, 7) is 0. The summed E-state index contributed by atoms with van der Waals surface area (Å²) in [7, 11) is 0. The van der Waals surface area contributed by atoms with Crippen LogP contribution in [0.25, 0.3) is 0 Å². The van der Waals surface area contributed by atoms with Gasteiger partial charge in [-0.2, -0.15) is 13.2 Å². The van der Waals surface area contributed by atoms with Crippen LogP contribution < -0.4 is 11.1 Å². The van der Waals surface area contributed by atoms with Crippen LogP contribution in [0, 0.1) is 5.92 Å². The molecule has 3 N–H and O–H groups in total. The van der Waals surface area contributed by atoms with Crippen LogP contribution in [0.4, 0.5) is 13.2 Å². The third kappa shape index (κ3) is 4.21. The van der Waals surface area contributed by atoms with Crippen LogP contribution in [0.3, 0.4) is 0 Å². The zero-order valence-electron chi connectivity index (χ0n) is 11.1. The first kappa shape index (κ1) is 15.3. The van der Waals surface area contributed by atoms with Gasteiger partial charge in [0.25, 0.3) is 5.91 Å². The van der Waals surface area contributed by atoms with E-state index in [1.807, 2.05) is 0 Å². The number of carbonyl (C=O) groups excluding carboxylic acids is 2. The van der Waals surface area contributed by atoms with E-state index in [4.69, 9.17) is 5.73 Å². The quantitative estimate of drug-likeness (QED) is 0.874. The maximum Gasteiger partial charge on any atom is 0.416 e. The van der Waals surface area contributed by atoms with Crippen molar-refractivity contribution in [3.05, 3.63) is 35.4 Å². The molecule has 21 heavy (non-hydrogen) atoms. The molecule has 1 aliphatic rings. The topological polar surface area (TPSA) is 72.2 Å². The molecule has 114 valence electrons. The van der Waals surface area contributed by atoms with E-state index in [0.29, 0.717) is 12.3 Å². The number of halogens is 3. The molecule has 0 unspecified atom stereocenters. The fourth-order valence-corrected chi connectivity index (χ4v) is 2.01. The minimum atomic E-state index is -4.52. The predicted octanol–water partition coefficient (Wildman–Crippen LogP) is 2.09. The molecular formula is C14H15F3N2O2. The minimum Gasteiger partial charge on any atom is -0.368 e. The molecule has 0 heterocycles. The summed E-state index contributed by atoms with van der Waals surface area (Å²) >= 11 is 0. The lowest BCUT2D eigenvalue weighted by atomic mass is 10.1. The fraction of sp³-hybridized carbons (Fsp3) is 0.429. The third-order valence-electron chi connectivity index (χ3n) is 3.37. The van der Waals surface area contributed by atoms with Gasteiger partial charge in [0.1, 0.15) is 6.04 Å². The Bertz CT molecular complexity index is 553. The van der Waals surface area contributed by atoms with E-state index in [9.17, 15) is 22.8 Å². The number of carbonyl (C=O) groups is 2. The van der Waals surface area contributed by atoms with Crippen molar-refractivity contribution in [3.63, 3.8) is 0 Å². The molecule has 0 bridgehead atoms. The zero-order chi connectivity index (χ0) is 15.6. The number of primary amides is 1. The summed E-state index contributed by atoms with van der Waals surface area (Å²) in [5.74, 6) is -1.06. The molecule has 4 nitrogen and oxygen atoms in total. The lowest BCUT2D eigenvalue weighted by molar-refractivity contribution is -0.137. The van der Waals surface area contributed by atoms with Crippen molar-refractivity contribution in [1.82, 2.24) is 5.32 Å². The van der Waals surface area contributed by atoms with Crippen molar-refractivity contribution in [2.24, 2.45) is 11.7 Å². The molecule has 1 aromatic rings. The van der Waals surface area contributed by atoms with Crippen molar-refractivity contribution in [3.8, 4) is 0 Å². The summed E-state index contributed by atoms with van der Waals surface area (Å²) in [6, 6.07) is 3.20. The number of benzene rings is 1. The Hall–Kier alpha value is -2.05. The van der Waals surface area contributed by atoms with Crippen molar-refractivity contribution in [2.75, 3.05) is 0 Å². The standard InChI is InChI=1S/C14H15F3N2O2/c15-14(16,17)10-3-1-2-9(7-10)13(21)19-11(12(18)20)6-8-4-5-8/h1-3,7-8,11H,4-6H2,(H2,18,20)(H,19,21)/t11-/m0/s1. The monoisotopic (exact) mass is 300 g/mol. The highest BCUT2D eigenvalue weighted by Gasteiger charge is 2.32. The highest BCUT2D eigenvalue weighted by Crippen LogP contribution is 2.33. The van der Waals surface area contributed by atoms with E-state index < -0.39 is 29.6 Å². The van der Waals surface area contributed by atoms with Crippen LogP contribution in [0.1, 0.15) is 35.2 Å². The van der Waals surface area contributed by atoms with Crippen molar-refractivity contribution in [2.45, 2.75) is 31.5 Å². The lowest BCUT2D eigenvalue weighted by Crippen LogP contribution is -2.44. The first-order chi connectivity index (χ1) is 9.77. The second kappa shape index (κ2) is 5.75. The molecule has 1 atom stereocenters. The Kier molecular flexibility index (Phi) is 4.20. The van der Waals surface area contributed by atoms with E-state index in [0.717, 1.165) is 31.0 Å². The van der Waals surface area contributed by atoms with Crippen molar-refractivity contribution in [1.29, 1.82) is 0 Å². The largest absolute Gasteiger partial charge is 0.416 e. The smallest absolute Gasteiger partial charge is 0.368 e. The molecule has 1 fully saturated rings. The Morgan fingerprint density at radius 1 is 1.33 bits per heavy atom. The van der Waals surface area contributed by atoms with Gasteiger partial charge in [0.2, 0.25) is 5.91 Å². The van der Waals surface area contributed by atoms with Gasteiger partial charge >= 0.3 is 6.18 Å². The summed E-state index contributed by atoms with van der Waals surface area (Å²) in [4.78, 5) is 23.2. The average Bonchev–Trinajstić information content (AvgIpc) is 3.21. The van der Waals surface area contributed by atoms with Crippen LogP contribution >= 0.6 is 0 Å². The molecule has 0 saturated heterocycles. The molecule has 2 amide bonds. The highest BCUT2D eigenvalue weighted by molar-refractivity contribution is 5.97. The van der Waals surface area contributed by atoms with E-state index in [2.05, 4.69) is 5.32 Å². The molecule has 2 rings (SSSR count). The summed E-state index contributed by atoms with van der Waals surface area (Å²) < 4.78 is 37.8. The van der Waals surface area contributed by atoms with Crippen LogP contribution in [0.15, 0.2) is 24.3 Å². The van der Waals surface area contributed by atoms with E-state index >= 15 is 0 Å². The van der Waals surface area contributed by atoms with E-state index in [-0.39, 0.29) is 5.56 Å². The SMILES string of the molecule is NC(=O)[C@H](CC1CC1)NC(=O)c1cccc(C(F)(F)F)c1. The maximum atomic E-state index is 12.6. The first-order valence-corrected chi connectivity index (χ1v) is 6.55. The second-order valence-electron chi connectivity index (χ2n) is 5.19. The molecule has 0 aliphatic heterocycles. The summed E-state index contributed by atoms with van der Waals surface area (Å²) in [6.07, 6.45) is -2.14. The number of nitrogens with one attached hydrogen (secondary N) is 1. The van der Waals surface area contributed by atoms with Crippen LogP contribution in [-0.2, 0) is 11.0 Å². The molecule has 1 aromatic carbocycles. The Morgan fingerprint density at radius 3 is 2.52 bits per heavy atom. The van der Waals surface area contributed by atoms with Gasteiger partial charge in [0.05, 0.1) is 5.56 Å². The van der Waals surface area contributed by atoms with Gasteiger partial charge in [0.15, 0.2) is 0 Å². The van der Waals surface area contributed by atoms with Gasteiger partial charge in [0, 0.05) is 5.56 Å². The molecule has 0 radical (unpaired) electrons. The molecular weight excluding hydrogens is 285 g/mol. The molecule has 0 aromatic heterocycles. The molecule has 1 aliphatic carbocycles. The molecule has 0 spiro atoms. The predicted molar refractivity (Wildman–Crippen MR) is 69.2 cm³/mol. The van der Waals surface area contributed by atoms with Gasteiger partial charge in [-0.05, 0) is 30.5 Å². The maximum absolute atomic E-state index is 12.6. The summed E-state index contributed by atoms with van der Waals surface area (Å²) in [5, 5.41) is 2.40. The fourth-order valence-electron chi connectivity index (χ4n) is 2.01. The Balaban J connectivity index is 2.09. The number of alkyl halides is 3. The average molecular weight is 300 g/mol. The van der Waals surface area contributed by atoms with Crippen LogP contribution in [-0.4, -0.2) is 17.9 Å². The van der Waals surface area contributed by atoms with Crippen LogP contribution in [0.5, 0.6) is 0 Å².